The topological polar surface area (TPSA) is 92.3 Å². The van der Waals surface area contributed by atoms with Crippen molar-refractivity contribution in [3.05, 3.63) is 34.6 Å². The average molecular weight is 441 g/mol. The lowest BCUT2D eigenvalue weighted by Crippen LogP contribution is -2.36. The lowest BCUT2D eigenvalue weighted by molar-refractivity contribution is 0.102. The molecule has 0 aliphatic carbocycles. The van der Waals surface area contributed by atoms with E-state index in [1.165, 1.54) is 21.7 Å². The summed E-state index contributed by atoms with van der Waals surface area (Å²) in [6.45, 7) is 4.86. The van der Waals surface area contributed by atoms with Gasteiger partial charge in [-0.15, -0.1) is 10.2 Å². The van der Waals surface area contributed by atoms with Crippen LogP contribution in [-0.4, -0.2) is 41.9 Å². The number of hydrogen-bond donors (Lipinski definition) is 1. The van der Waals surface area contributed by atoms with Crippen LogP contribution in [0.3, 0.4) is 0 Å². The summed E-state index contributed by atoms with van der Waals surface area (Å²) in [6, 6.07) is 3.38. The number of benzene rings is 1. The maximum absolute atomic E-state index is 14.3. The first-order valence-corrected chi connectivity index (χ1v) is 12.1. The van der Waals surface area contributed by atoms with Gasteiger partial charge < -0.3 is 0 Å². The molecule has 29 heavy (non-hydrogen) atoms. The summed E-state index contributed by atoms with van der Waals surface area (Å²) >= 11 is 1.29. The van der Waals surface area contributed by atoms with E-state index in [0.29, 0.717) is 18.2 Å². The van der Waals surface area contributed by atoms with Gasteiger partial charge in [-0.25, -0.2) is 12.8 Å². The number of nitrogens with one attached hydrogen (secondary N) is 1. The molecule has 1 aromatic heterocycles. The zero-order chi connectivity index (χ0) is 21.0. The van der Waals surface area contributed by atoms with Crippen molar-refractivity contribution in [3.63, 3.8) is 0 Å². The Labute approximate surface area is 174 Å². The quantitative estimate of drug-likeness (QED) is 0.702. The molecule has 0 bridgehead atoms. The van der Waals surface area contributed by atoms with Crippen molar-refractivity contribution in [2.45, 2.75) is 56.8 Å². The van der Waals surface area contributed by atoms with E-state index in [4.69, 9.17) is 0 Å². The normalized spacial score (nSPS) is 15.6. The van der Waals surface area contributed by atoms with Crippen LogP contribution in [0, 0.1) is 5.82 Å². The summed E-state index contributed by atoms with van der Waals surface area (Å²) < 4.78 is 41.2. The molecule has 2 heterocycles. The molecule has 1 fully saturated rings. The van der Waals surface area contributed by atoms with Gasteiger partial charge >= 0.3 is 0 Å². The van der Waals surface area contributed by atoms with Gasteiger partial charge in [0.15, 0.2) is 0 Å². The van der Waals surface area contributed by atoms with Gasteiger partial charge in [0.05, 0.1) is 0 Å². The highest BCUT2D eigenvalue weighted by Crippen LogP contribution is 2.29. The number of halogens is 1. The average Bonchev–Trinajstić information content (AvgIpc) is 3.18. The summed E-state index contributed by atoms with van der Waals surface area (Å²) in [5.41, 5.74) is 0.0567. The molecule has 0 radical (unpaired) electrons. The molecule has 3 rings (SSSR count). The number of sulfonamides is 1. The molecule has 1 saturated heterocycles. The molecule has 0 atom stereocenters. The number of rotatable bonds is 7. The first kappa shape index (κ1) is 21.8. The molecule has 10 heteroatoms. The minimum atomic E-state index is -3.98. The van der Waals surface area contributed by atoms with Crippen LogP contribution in [0.25, 0.3) is 0 Å². The third-order valence-electron chi connectivity index (χ3n) is 5.12. The van der Waals surface area contributed by atoms with Gasteiger partial charge in [0.25, 0.3) is 5.91 Å². The highest BCUT2D eigenvalue weighted by Gasteiger charge is 2.29. The van der Waals surface area contributed by atoms with Gasteiger partial charge in [-0.3, -0.25) is 10.1 Å². The number of carbonyl (C=O) groups is 1. The number of piperidine rings is 1. The third-order valence-corrected chi connectivity index (χ3v) is 8.04. The van der Waals surface area contributed by atoms with Crippen LogP contribution < -0.4 is 5.32 Å². The van der Waals surface area contributed by atoms with Crippen LogP contribution in [0.15, 0.2) is 23.1 Å². The largest absolute Gasteiger partial charge is 0.296 e. The highest BCUT2D eigenvalue weighted by atomic mass is 32.2. The highest BCUT2D eigenvalue weighted by molar-refractivity contribution is 7.89. The van der Waals surface area contributed by atoms with Crippen molar-refractivity contribution in [1.29, 1.82) is 0 Å². The summed E-state index contributed by atoms with van der Waals surface area (Å²) in [5.74, 6) is -1.13. The number of amides is 1. The van der Waals surface area contributed by atoms with Gasteiger partial charge in [0.2, 0.25) is 15.2 Å². The van der Waals surface area contributed by atoms with E-state index in [1.54, 1.807) is 0 Å². The van der Waals surface area contributed by atoms with Crippen LogP contribution in [0.4, 0.5) is 9.52 Å². The molecule has 0 unspecified atom stereocenters. The molecule has 1 aliphatic heterocycles. The van der Waals surface area contributed by atoms with E-state index in [2.05, 4.69) is 29.4 Å². The second kappa shape index (κ2) is 9.27. The molecule has 2 aromatic rings. The molecule has 1 aliphatic rings. The minimum Gasteiger partial charge on any atom is -0.296 e. The number of anilines is 1. The number of nitrogens with zero attached hydrogens (tertiary/aromatic N) is 3. The number of aromatic nitrogens is 2. The second-order valence-electron chi connectivity index (χ2n) is 7.02. The Morgan fingerprint density at radius 2 is 1.90 bits per heavy atom. The van der Waals surface area contributed by atoms with Crippen molar-refractivity contribution < 1.29 is 17.6 Å². The van der Waals surface area contributed by atoms with Gasteiger partial charge in [0.1, 0.15) is 15.7 Å². The molecule has 1 aromatic carbocycles. The minimum absolute atomic E-state index is 0.0567. The smallest absolute Gasteiger partial charge is 0.257 e. The fraction of sp³-hybridized carbons (Fsp3) is 0.526. The standard InChI is InChI=1S/C19H25FN4O3S2/c1-3-13(4-2)18-22-23-19(28-18)21-17(25)14-8-9-15(20)16(12-14)29(26,27)24-10-6-5-7-11-24/h8-9,12-13H,3-7,10-11H2,1-2H3,(H,21,23,25). The Kier molecular flexibility index (Phi) is 6.97. The summed E-state index contributed by atoms with van der Waals surface area (Å²) in [4.78, 5) is 12.1. The Morgan fingerprint density at radius 1 is 1.21 bits per heavy atom. The van der Waals surface area contributed by atoms with E-state index in [9.17, 15) is 17.6 Å². The van der Waals surface area contributed by atoms with Gasteiger partial charge in [0, 0.05) is 24.6 Å². The molecular weight excluding hydrogens is 415 g/mol. The lowest BCUT2D eigenvalue weighted by atomic mass is 10.1. The summed E-state index contributed by atoms with van der Waals surface area (Å²) in [5, 5.41) is 11.9. The van der Waals surface area contributed by atoms with E-state index in [0.717, 1.165) is 49.2 Å². The number of carbonyl (C=O) groups excluding carboxylic acids is 1. The Hall–Kier alpha value is -1.91. The van der Waals surface area contributed by atoms with Crippen LogP contribution in [0.1, 0.15) is 67.2 Å². The van der Waals surface area contributed by atoms with E-state index in [1.807, 2.05) is 0 Å². The maximum atomic E-state index is 14.3. The zero-order valence-corrected chi connectivity index (χ0v) is 18.2. The number of hydrogen-bond acceptors (Lipinski definition) is 6. The lowest BCUT2D eigenvalue weighted by Gasteiger charge is -2.26. The first-order valence-electron chi connectivity index (χ1n) is 9.81. The van der Waals surface area contributed by atoms with E-state index >= 15 is 0 Å². The third kappa shape index (κ3) is 4.81. The molecule has 0 spiro atoms. The monoisotopic (exact) mass is 440 g/mol. The first-order chi connectivity index (χ1) is 13.9. The van der Waals surface area contributed by atoms with Crippen molar-refractivity contribution >= 4 is 32.4 Å². The maximum Gasteiger partial charge on any atom is 0.257 e. The van der Waals surface area contributed by atoms with Crippen molar-refractivity contribution in [2.24, 2.45) is 0 Å². The van der Waals surface area contributed by atoms with Crippen molar-refractivity contribution in [3.8, 4) is 0 Å². The Bertz CT molecular complexity index is 968. The van der Waals surface area contributed by atoms with Crippen LogP contribution in [0.5, 0.6) is 0 Å². The Balaban J connectivity index is 1.81. The van der Waals surface area contributed by atoms with Gasteiger partial charge in [-0.1, -0.05) is 31.6 Å². The predicted octanol–water partition coefficient (Wildman–Crippen LogP) is 4.01. The fourth-order valence-electron chi connectivity index (χ4n) is 3.34. The summed E-state index contributed by atoms with van der Waals surface area (Å²) in [7, 11) is -3.98. The molecule has 0 saturated carbocycles. The molecule has 7 nitrogen and oxygen atoms in total. The van der Waals surface area contributed by atoms with Gasteiger partial charge in [-0.2, -0.15) is 4.31 Å². The molecule has 158 valence electrons. The van der Waals surface area contributed by atoms with E-state index < -0.39 is 26.6 Å². The SMILES string of the molecule is CCC(CC)c1nnc(NC(=O)c2ccc(F)c(S(=O)(=O)N3CCCCC3)c2)s1. The Morgan fingerprint density at radius 3 is 2.55 bits per heavy atom. The van der Waals surface area contributed by atoms with Crippen LogP contribution in [-0.2, 0) is 10.0 Å². The van der Waals surface area contributed by atoms with Crippen LogP contribution in [0.2, 0.25) is 0 Å². The van der Waals surface area contributed by atoms with E-state index in [-0.39, 0.29) is 11.5 Å². The van der Waals surface area contributed by atoms with Gasteiger partial charge in [-0.05, 0) is 43.9 Å². The van der Waals surface area contributed by atoms with Crippen molar-refractivity contribution in [2.75, 3.05) is 18.4 Å². The zero-order valence-electron chi connectivity index (χ0n) is 16.5. The summed E-state index contributed by atoms with van der Waals surface area (Å²) in [6.07, 6.45) is 4.30. The predicted molar refractivity (Wildman–Crippen MR) is 110 cm³/mol. The molecule has 1 amide bonds. The molecular formula is C19H25FN4O3S2. The molecule has 1 N–H and O–H groups in total. The second-order valence-corrected chi connectivity index (χ2v) is 9.94. The fourth-order valence-corrected chi connectivity index (χ4v) is 5.96. The van der Waals surface area contributed by atoms with Crippen molar-refractivity contribution in [1.82, 2.24) is 14.5 Å². The van der Waals surface area contributed by atoms with Crippen LogP contribution >= 0.6 is 11.3 Å².